The van der Waals surface area contributed by atoms with Gasteiger partial charge in [-0.25, -0.2) is 0 Å². The lowest BCUT2D eigenvalue weighted by Gasteiger charge is -2.17. The summed E-state index contributed by atoms with van der Waals surface area (Å²) in [5, 5.41) is 10.3. The zero-order valence-electron chi connectivity index (χ0n) is 13.9. The molecule has 0 heterocycles. The van der Waals surface area contributed by atoms with Crippen LogP contribution < -0.4 is 4.74 Å². The number of hydrogen-bond donors (Lipinski definition) is 1. The smallest absolute Gasteiger partial charge is 0.127 e. The number of phenolic OH excluding ortho intramolecular Hbond substituents is 1. The summed E-state index contributed by atoms with van der Waals surface area (Å²) in [6.45, 7) is 11.6. The third kappa shape index (κ3) is 4.26. The number of ether oxygens (including phenoxy) is 1. The zero-order valence-corrected chi connectivity index (χ0v) is 13.9. The van der Waals surface area contributed by atoms with Crippen molar-refractivity contribution in [3.8, 4) is 22.6 Å². The van der Waals surface area contributed by atoms with Gasteiger partial charge in [-0.3, -0.25) is 0 Å². The molecule has 0 atom stereocenters. The van der Waals surface area contributed by atoms with Gasteiger partial charge < -0.3 is 9.84 Å². The van der Waals surface area contributed by atoms with E-state index in [1.54, 1.807) is 6.07 Å². The molecule has 0 saturated carbocycles. The summed E-state index contributed by atoms with van der Waals surface area (Å²) >= 11 is 0. The minimum Gasteiger partial charge on any atom is -0.507 e. The first-order chi connectivity index (χ1) is 11.0. The van der Waals surface area contributed by atoms with Gasteiger partial charge in [0.25, 0.3) is 0 Å². The first-order valence-corrected chi connectivity index (χ1v) is 7.88. The Hall–Kier alpha value is -2.48. The van der Waals surface area contributed by atoms with Gasteiger partial charge in [0, 0.05) is 11.1 Å². The largest absolute Gasteiger partial charge is 0.507 e. The topological polar surface area (TPSA) is 29.5 Å². The highest BCUT2D eigenvalue weighted by atomic mass is 16.5. The van der Waals surface area contributed by atoms with Crippen molar-refractivity contribution < 1.29 is 9.84 Å². The Bertz CT molecular complexity index is 699. The van der Waals surface area contributed by atoms with Crippen molar-refractivity contribution in [2.45, 2.75) is 32.8 Å². The minimum atomic E-state index is 0.0671. The van der Waals surface area contributed by atoms with Crippen LogP contribution in [0.3, 0.4) is 0 Å². The molecule has 0 radical (unpaired) electrons. The Kier molecular flexibility index (Phi) is 5.64. The minimum absolute atomic E-state index is 0.0671. The normalized spacial score (nSPS) is 10.6. The number of allylic oxidation sites excluding steroid dienone is 2. The summed E-state index contributed by atoms with van der Waals surface area (Å²) in [7, 11) is 0. The van der Waals surface area contributed by atoms with Crippen molar-refractivity contribution in [2.24, 2.45) is 0 Å². The Morgan fingerprint density at radius 3 is 2.09 bits per heavy atom. The van der Waals surface area contributed by atoms with E-state index in [2.05, 4.69) is 19.2 Å². The molecule has 0 amide bonds. The van der Waals surface area contributed by atoms with Crippen LogP contribution in [-0.2, 0) is 12.8 Å². The molecule has 0 aromatic heterocycles. The molecule has 2 nitrogen and oxygen atoms in total. The molecule has 2 rings (SSSR count). The molecule has 0 unspecified atom stereocenters. The molecule has 0 aliphatic heterocycles. The molecule has 0 fully saturated rings. The van der Waals surface area contributed by atoms with Gasteiger partial charge in [0.05, 0.1) is 6.10 Å². The molecule has 0 aliphatic rings. The molecule has 2 heteroatoms. The lowest BCUT2D eigenvalue weighted by molar-refractivity contribution is 0.243. The predicted octanol–water partition coefficient (Wildman–Crippen LogP) is 5.30. The van der Waals surface area contributed by atoms with Crippen LogP contribution in [0.15, 0.2) is 61.7 Å². The second-order valence-electron chi connectivity index (χ2n) is 5.83. The van der Waals surface area contributed by atoms with E-state index in [0.717, 1.165) is 40.8 Å². The Labute approximate surface area is 138 Å². The maximum atomic E-state index is 10.3. The maximum absolute atomic E-state index is 10.3. The standard InChI is InChI=1S/C21H24O2/c1-5-7-16-9-11-20(22)18(13-16)19-14-17(8-6-2)10-12-21(19)23-15(3)4/h5-6,9-15,22H,1-2,7-8H2,3-4H3. The molecule has 1 N–H and O–H groups in total. The van der Waals surface area contributed by atoms with E-state index >= 15 is 0 Å². The molecular weight excluding hydrogens is 284 g/mol. The fraction of sp³-hybridized carbons (Fsp3) is 0.238. The van der Waals surface area contributed by atoms with E-state index in [1.165, 1.54) is 0 Å². The first-order valence-electron chi connectivity index (χ1n) is 7.88. The number of phenols is 1. The Balaban J connectivity index is 2.58. The van der Waals surface area contributed by atoms with Gasteiger partial charge in [-0.05, 0) is 62.1 Å². The molecule has 0 bridgehead atoms. The summed E-state index contributed by atoms with van der Waals surface area (Å²) < 4.78 is 5.93. The van der Waals surface area contributed by atoms with Crippen LogP contribution in [0.5, 0.6) is 11.5 Å². The average Bonchev–Trinajstić information content (AvgIpc) is 2.51. The van der Waals surface area contributed by atoms with Crippen molar-refractivity contribution in [1.82, 2.24) is 0 Å². The van der Waals surface area contributed by atoms with Crippen molar-refractivity contribution in [2.75, 3.05) is 0 Å². The van der Waals surface area contributed by atoms with Gasteiger partial charge in [0.2, 0.25) is 0 Å². The van der Waals surface area contributed by atoms with Crippen LogP contribution in [0.2, 0.25) is 0 Å². The quantitative estimate of drug-likeness (QED) is 0.703. The summed E-state index contributed by atoms with van der Waals surface area (Å²) in [6, 6.07) is 11.7. The fourth-order valence-corrected chi connectivity index (χ4v) is 2.53. The van der Waals surface area contributed by atoms with Crippen LogP contribution in [0.25, 0.3) is 11.1 Å². The number of aromatic hydroxyl groups is 1. The monoisotopic (exact) mass is 308 g/mol. The Morgan fingerprint density at radius 2 is 1.52 bits per heavy atom. The van der Waals surface area contributed by atoms with E-state index in [9.17, 15) is 5.11 Å². The van der Waals surface area contributed by atoms with E-state index in [4.69, 9.17) is 4.74 Å². The number of benzene rings is 2. The molecule has 2 aromatic carbocycles. The van der Waals surface area contributed by atoms with Gasteiger partial charge in [-0.1, -0.05) is 24.3 Å². The zero-order chi connectivity index (χ0) is 16.8. The lowest BCUT2D eigenvalue weighted by atomic mass is 9.97. The van der Waals surface area contributed by atoms with Gasteiger partial charge in [-0.2, -0.15) is 0 Å². The van der Waals surface area contributed by atoms with E-state index in [0.29, 0.717) is 0 Å². The molecule has 2 aromatic rings. The summed E-state index contributed by atoms with van der Waals surface area (Å²) in [5.41, 5.74) is 3.93. The van der Waals surface area contributed by atoms with Crippen LogP contribution in [0, 0.1) is 0 Å². The highest BCUT2D eigenvalue weighted by Crippen LogP contribution is 2.38. The fourth-order valence-electron chi connectivity index (χ4n) is 2.53. The SMILES string of the molecule is C=CCc1ccc(O)c(-c2cc(CC=C)ccc2OC(C)C)c1. The summed E-state index contributed by atoms with van der Waals surface area (Å²) in [6.07, 6.45) is 5.34. The second kappa shape index (κ2) is 7.68. The van der Waals surface area contributed by atoms with Crippen molar-refractivity contribution in [3.05, 3.63) is 72.8 Å². The van der Waals surface area contributed by atoms with Crippen molar-refractivity contribution in [3.63, 3.8) is 0 Å². The lowest BCUT2D eigenvalue weighted by Crippen LogP contribution is -2.06. The van der Waals surface area contributed by atoms with Crippen molar-refractivity contribution in [1.29, 1.82) is 0 Å². The number of rotatable bonds is 7. The summed E-state index contributed by atoms with van der Waals surface area (Å²) in [4.78, 5) is 0. The highest BCUT2D eigenvalue weighted by Gasteiger charge is 2.13. The predicted molar refractivity (Wildman–Crippen MR) is 97.1 cm³/mol. The van der Waals surface area contributed by atoms with Crippen LogP contribution in [0.4, 0.5) is 0 Å². The van der Waals surface area contributed by atoms with Crippen LogP contribution >= 0.6 is 0 Å². The third-order valence-electron chi connectivity index (χ3n) is 3.52. The molecule has 120 valence electrons. The van der Waals surface area contributed by atoms with Crippen LogP contribution in [-0.4, -0.2) is 11.2 Å². The number of hydrogen-bond acceptors (Lipinski definition) is 2. The molecule has 0 spiro atoms. The van der Waals surface area contributed by atoms with Gasteiger partial charge >= 0.3 is 0 Å². The second-order valence-corrected chi connectivity index (χ2v) is 5.83. The highest BCUT2D eigenvalue weighted by molar-refractivity contribution is 5.77. The molecule has 0 aliphatic carbocycles. The van der Waals surface area contributed by atoms with E-state index in [1.807, 2.05) is 50.3 Å². The maximum Gasteiger partial charge on any atom is 0.127 e. The van der Waals surface area contributed by atoms with Gasteiger partial charge in [0.15, 0.2) is 0 Å². The first kappa shape index (κ1) is 16.9. The molecule has 23 heavy (non-hydrogen) atoms. The van der Waals surface area contributed by atoms with Crippen molar-refractivity contribution >= 4 is 0 Å². The molecular formula is C21H24O2. The molecule has 0 saturated heterocycles. The average molecular weight is 308 g/mol. The summed E-state index contributed by atoms with van der Waals surface area (Å²) in [5.74, 6) is 1.03. The Morgan fingerprint density at radius 1 is 0.957 bits per heavy atom. The third-order valence-corrected chi connectivity index (χ3v) is 3.52. The van der Waals surface area contributed by atoms with E-state index in [-0.39, 0.29) is 11.9 Å². The van der Waals surface area contributed by atoms with Crippen LogP contribution in [0.1, 0.15) is 25.0 Å². The van der Waals surface area contributed by atoms with E-state index < -0.39 is 0 Å². The van der Waals surface area contributed by atoms with Gasteiger partial charge in [-0.15, -0.1) is 13.2 Å². The van der Waals surface area contributed by atoms with Gasteiger partial charge in [0.1, 0.15) is 11.5 Å².